The Hall–Kier alpha value is 0.240. The second-order valence-corrected chi connectivity index (χ2v) is 11.8. The Kier molecular flexibility index (Phi) is 20.7. The van der Waals surface area contributed by atoms with E-state index in [-0.39, 0.29) is 0 Å². The van der Waals surface area contributed by atoms with Gasteiger partial charge >= 0.3 is 15.4 Å². The zero-order valence-electron chi connectivity index (χ0n) is 14.2. The van der Waals surface area contributed by atoms with Crippen molar-refractivity contribution in [1.82, 2.24) is 0 Å². The summed E-state index contributed by atoms with van der Waals surface area (Å²) in [5, 5.41) is 5.18. The highest BCUT2D eigenvalue weighted by Crippen LogP contribution is 2.32. The molecule has 0 rings (SSSR count). The summed E-state index contributed by atoms with van der Waals surface area (Å²) in [4.78, 5) is 9.18. The van der Waals surface area contributed by atoms with E-state index in [4.69, 9.17) is 9.66 Å². The molecule has 0 saturated carbocycles. The standard InChI is InChI=1S/2C6H15P.CH2O5S/c2*1-4-7(5-2)6-3;2-1(3)7(4,5)6/h2*4-6H2,1-3H3;(H,2,3)(H,4,5,6). The van der Waals surface area contributed by atoms with Crippen molar-refractivity contribution >= 4 is 31.3 Å². The van der Waals surface area contributed by atoms with E-state index in [9.17, 15) is 13.2 Å². The van der Waals surface area contributed by atoms with Gasteiger partial charge in [-0.05, 0) is 37.0 Å². The third-order valence-electron chi connectivity index (χ3n) is 2.90. The van der Waals surface area contributed by atoms with Crippen molar-refractivity contribution in [2.75, 3.05) is 37.0 Å². The average molecular weight is 362 g/mol. The van der Waals surface area contributed by atoms with Crippen LogP contribution in [0.2, 0.25) is 0 Å². The Morgan fingerprint density at radius 3 is 0.905 bits per heavy atom. The molecule has 0 radical (unpaired) electrons. The highest BCUT2D eigenvalue weighted by atomic mass is 32.2. The van der Waals surface area contributed by atoms with E-state index in [1.165, 1.54) is 37.0 Å². The average Bonchev–Trinajstić information content (AvgIpc) is 2.43. The molecule has 0 spiro atoms. The van der Waals surface area contributed by atoms with Crippen LogP contribution >= 0.6 is 15.8 Å². The molecule has 0 heterocycles. The van der Waals surface area contributed by atoms with E-state index < -0.39 is 15.4 Å². The van der Waals surface area contributed by atoms with E-state index >= 15 is 0 Å². The summed E-state index contributed by atoms with van der Waals surface area (Å²) in [5.74, 6) is 0. The maximum absolute atomic E-state index is 9.29. The molecule has 8 heteroatoms. The molecule has 0 amide bonds. The highest BCUT2D eigenvalue weighted by Gasteiger charge is 2.14. The van der Waals surface area contributed by atoms with Crippen LogP contribution in [0.1, 0.15) is 41.5 Å². The summed E-state index contributed by atoms with van der Waals surface area (Å²) in [7, 11) is -3.93. The maximum atomic E-state index is 9.29. The second-order valence-electron chi connectivity index (χ2n) is 3.98. The molecule has 0 aromatic rings. The van der Waals surface area contributed by atoms with E-state index in [2.05, 4.69) is 41.5 Å². The van der Waals surface area contributed by atoms with E-state index in [0.29, 0.717) is 15.8 Å². The Labute approximate surface area is 133 Å². The molecule has 0 unspecified atom stereocenters. The maximum Gasteiger partial charge on any atom is 0.449 e. The van der Waals surface area contributed by atoms with Crippen LogP contribution in [0.3, 0.4) is 0 Å². The Bertz CT molecular complexity index is 302. The zero-order valence-corrected chi connectivity index (χ0v) is 16.8. The minimum atomic E-state index is -4.82. The summed E-state index contributed by atoms with van der Waals surface area (Å²) < 4.78 is 26.0. The van der Waals surface area contributed by atoms with E-state index in [1.807, 2.05) is 0 Å². The predicted octanol–water partition coefficient (Wildman–Crippen LogP) is 4.61. The lowest BCUT2D eigenvalue weighted by Gasteiger charge is -2.07. The molecule has 21 heavy (non-hydrogen) atoms. The van der Waals surface area contributed by atoms with Crippen molar-refractivity contribution in [1.29, 1.82) is 0 Å². The van der Waals surface area contributed by atoms with Crippen molar-refractivity contribution in [2.45, 2.75) is 41.5 Å². The Morgan fingerprint density at radius 2 is 0.905 bits per heavy atom. The summed E-state index contributed by atoms with van der Waals surface area (Å²) in [6.45, 7) is 13.7. The van der Waals surface area contributed by atoms with Crippen LogP contribution in [-0.4, -0.2) is 60.3 Å². The van der Waals surface area contributed by atoms with Gasteiger partial charge in [0.15, 0.2) is 0 Å². The second kappa shape index (κ2) is 16.6. The van der Waals surface area contributed by atoms with Gasteiger partial charge in [-0.25, -0.2) is 4.79 Å². The topological polar surface area (TPSA) is 91.7 Å². The normalized spacial score (nSPS) is 10.5. The quantitative estimate of drug-likeness (QED) is 0.532. The molecular weight excluding hydrogens is 330 g/mol. The van der Waals surface area contributed by atoms with Gasteiger partial charge in [-0.2, -0.15) is 8.42 Å². The van der Waals surface area contributed by atoms with Crippen LogP contribution in [0.5, 0.6) is 0 Å². The third kappa shape index (κ3) is 20.2. The molecular formula is C13H32O5P2S. The van der Waals surface area contributed by atoms with Gasteiger partial charge in [-0.1, -0.05) is 41.5 Å². The molecule has 0 aliphatic rings. The van der Waals surface area contributed by atoms with Crippen molar-refractivity contribution in [3.63, 3.8) is 0 Å². The van der Waals surface area contributed by atoms with Gasteiger partial charge in [0.2, 0.25) is 0 Å². The van der Waals surface area contributed by atoms with Crippen LogP contribution < -0.4 is 0 Å². The number of hydrogen-bond acceptors (Lipinski definition) is 3. The summed E-state index contributed by atoms with van der Waals surface area (Å²) >= 11 is 0. The highest BCUT2D eigenvalue weighted by molar-refractivity contribution is 8.00. The number of carbonyl (C=O) groups is 1. The lowest BCUT2D eigenvalue weighted by molar-refractivity contribution is 0.216. The molecule has 0 fully saturated rings. The first kappa shape index (κ1) is 26.2. The third-order valence-corrected chi connectivity index (χ3v) is 8.71. The van der Waals surface area contributed by atoms with Gasteiger partial charge in [0.25, 0.3) is 0 Å². The monoisotopic (exact) mass is 362 g/mol. The van der Waals surface area contributed by atoms with Gasteiger partial charge in [0.05, 0.1) is 0 Å². The van der Waals surface area contributed by atoms with Gasteiger partial charge < -0.3 is 5.11 Å². The summed E-state index contributed by atoms with van der Waals surface area (Å²) in [6.07, 6.45) is 8.51. The lowest BCUT2D eigenvalue weighted by atomic mass is 10.9. The zero-order chi connectivity index (χ0) is 17.5. The number of rotatable bonds is 6. The van der Waals surface area contributed by atoms with Crippen molar-refractivity contribution in [3.05, 3.63) is 0 Å². The van der Waals surface area contributed by atoms with Gasteiger partial charge in [-0.15, -0.1) is 15.8 Å². The summed E-state index contributed by atoms with van der Waals surface area (Å²) in [6, 6.07) is 0. The molecule has 0 aromatic heterocycles. The van der Waals surface area contributed by atoms with Crippen molar-refractivity contribution < 1.29 is 22.9 Å². The fraction of sp³-hybridized carbons (Fsp3) is 0.923. The van der Waals surface area contributed by atoms with Crippen LogP contribution in [0, 0.1) is 0 Å². The largest absolute Gasteiger partial charge is 0.468 e. The minimum Gasteiger partial charge on any atom is -0.468 e. The number of carboxylic acid groups (broad SMARTS) is 1. The molecule has 130 valence electrons. The first-order valence-electron chi connectivity index (χ1n) is 7.29. The van der Waals surface area contributed by atoms with Crippen LogP contribution in [0.15, 0.2) is 0 Å². The van der Waals surface area contributed by atoms with Crippen LogP contribution in [-0.2, 0) is 10.1 Å². The van der Waals surface area contributed by atoms with E-state index in [1.54, 1.807) is 0 Å². The molecule has 0 aliphatic carbocycles. The summed E-state index contributed by atoms with van der Waals surface area (Å²) in [5.41, 5.74) is 0. The van der Waals surface area contributed by atoms with Crippen molar-refractivity contribution in [3.8, 4) is 0 Å². The van der Waals surface area contributed by atoms with Gasteiger partial charge in [0, 0.05) is 0 Å². The molecule has 0 aromatic carbocycles. The Balaban J connectivity index is -0.000000231. The van der Waals surface area contributed by atoms with Gasteiger partial charge in [0.1, 0.15) is 0 Å². The molecule has 0 saturated heterocycles. The minimum absolute atomic E-state index is 0.446. The SMILES string of the molecule is CCP(CC)CC.CCP(CC)CC.O=C(O)S(=O)(=O)O. The predicted molar refractivity (Wildman–Crippen MR) is 96.7 cm³/mol. The Morgan fingerprint density at radius 1 is 0.762 bits per heavy atom. The first-order chi connectivity index (χ1) is 9.64. The molecule has 0 aliphatic heterocycles. The fourth-order valence-corrected chi connectivity index (χ4v) is 4.02. The fourth-order valence-electron chi connectivity index (χ4n) is 1.34. The van der Waals surface area contributed by atoms with Crippen LogP contribution in [0.25, 0.3) is 0 Å². The smallest absolute Gasteiger partial charge is 0.449 e. The lowest BCUT2D eigenvalue weighted by Crippen LogP contribution is -2.08. The molecule has 0 bridgehead atoms. The molecule has 5 nitrogen and oxygen atoms in total. The molecule has 0 atom stereocenters. The molecule has 2 N–H and O–H groups in total. The van der Waals surface area contributed by atoms with Crippen LogP contribution in [0.4, 0.5) is 4.79 Å². The number of hydrogen-bond donors (Lipinski definition) is 2. The van der Waals surface area contributed by atoms with Gasteiger partial charge in [-0.3, -0.25) is 4.55 Å². The van der Waals surface area contributed by atoms with Crippen molar-refractivity contribution in [2.24, 2.45) is 0 Å². The van der Waals surface area contributed by atoms with E-state index in [0.717, 1.165) is 0 Å². The first-order valence-corrected chi connectivity index (χ1v) is 12.5.